The monoisotopic (exact) mass is 279 g/mol. The molecular weight excluding hydrogens is 266 g/mol. The van der Waals surface area contributed by atoms with Gasteiger partial charge in [0.25, 0.3) is 11.8 Å². The van der Waals surface area contributed by atoms with Gasteiger partial charge in [-0.05, 0) is 18.2 Å². The van der Waals surface area contributed by atoms with Gasteiger partial charge in [-0.15, -0.1) is 5.06 Å². The zero-order valence-electron chi connectivity index (χ0n) is 11.0. The summed E-state index contributed by atoms with van der Waals surface area (Å²) in [4.78, 5) is 39.4. The van der Waals surface area contributed by atoms with E-state index in [-0.39, 0.29) is 18.4 Å². The topological polar surface area (TPSA) is 82.1 Å². The van der Waals surface area contributed by atoms with Crippen molar-refractivity contribution in [3.05, 3.63) is 23.8 Å². The fourth-order valence-electron chi connectivity index (χ4n) is 1.76. The number of benzene rings is 1. The van der Waals surface area contributed by atoms with Crippen molar-refractivity contribution in [2.24, 2.45) is 0 Å². The van der Waals surface area contributed by atoms with Crippen molar-refractivity contribution < 1.29 is 28.7 Å². The standard InChI is InChI=1S/C13H13NO6/c1-18-9-4-3-8(7-10(9)19-2)13(17)20-14-11(15)5-6-12(14)16/h3-4,7H,5-6H2,1-2H3. The van der Waals surface area contributed by atoms with Crippen LogP contribution in [0.25, 0.3) is 0 Å². The Bertz CT molecular complexity index is 552. The lowest BCUT2D eigenvalue weighted by Gasteiger charge is -2.13. The van der Waals surface area contributed by atoms with Crippen LogP contribution in [0.5, 0.6) is 11.5 Å². The molecule has 1 fully saturated rings. The zero-order chi connectivity index (χ0) is 14.7. The predicted molar refractivity (Wildman–Crippen MR) is 66.0 cm³/mol. The molecule has 1 aliphatic rings. The minimum atomic E-state index is -0.811. The van der Waals surface area contributed by atoms with Gasteiger partial charge in [-0.1, -0.05) is 0 Å². The maximum Gasteiger partial charge on any atom is 0.364 e. The normalized spacial score (nSPS) is 14.4. The molecule has 0 atom stereocenters. The number of methoxy groups -OCH3 is 2. The lowest BCUT2D eigenvalue weighted by molar-refractivity contribution is -0.172. The second-order valence-electron chi connectivity index (χ2n) is 4.03. The molecule has 106 valence electrons. The molecule has 1 saturated heterocycles. The summed E-state index contributed by atoms with van der Waals surface area (Å²) in [7, 11) is 2.90. The van der Waals surface area contributed by atoms with Crippen LogP contribution in [-0.4, -0.2) is 37.1 Å². The highest BCUT2D eigenvalue weighted by Gasteiger charge is 2.33. The summed E-state index contributed by atoms with van der Waals surface area (Å²) in [6.45, 7) is 0. The molecule has 20 heavy (non-hydrogen) atoms. The molecule has 7 heteroatoms. The fourth-order valence-corrected chi connectivity index (χ4v) is 1.76. The number of hydroxylamine groups is 2. The van der Waals surface area contributed by atoms with Gasteiger partial charge in [0.2, 0.25) is 0 Å². The van der Waals surface area contributed by atoms with E-state index in [1.165, 1.54) is 32.4 Å². The molecule has 0 N–H and O–H groups in total. The van der Waals surface area contributed by atoms with E-state index in [1.54, 1.807) is 0 Å². The van der Waals surface area contributed by atoms with Crippen LogP contribution in [0.3, 0.4) is 0 Å². The smallest absolute Gasteiger partial charge is 0.364 e. The molecule has 1 aromatic carbocycles. The Hall–Kier alpha value is -2.57. The summed E-state index contributed by atoms with van der Waals surface area (Å²) in [6, 6.07) is 4.39. The number of amides is 2. The first-order chi connectivity index (χ1) is 9.56. The third-order valence-corrected chi connectivity index (χ3v) is 2.80. The van der Waals surface area contributed by atoms with Crippen LogP contribution in [0.15, 0.2) is 18.2 Å². The summed E-state index contributed by atoms with van der Waals surface area (Å²) >= 11 is 0. The second kappa shape index (κ2) is 5.60. The lowest BCUT2D eigenvalue weighted by atomic mass is 10.2. The highest BCUT2D eigenvalue weighted by molar-refractivity contribution is 6.02. The Morgan fingerprint density at radius 3 is 2.20 bits per heavy atom. The van der Waals surface area contributed by atoms with Crippen LogP contribution in [0.2, 0.25) is 0 Å². The minimum Gasteiger partial charge on any atom is -0.493 e. The maximum atomic E-state index is 11.9. The van der Waals surface area contributed by atoms with Crippen molar-refractivity contribution in [2.75, 3.05) is 14.2 Å². The van der Waals surface area contributed by atoms with Gasteiger partial charge >= 0.3 is 5.97 Å². The van der Waals surface area contributed by atoms with Crippen LogP contribution in [0.1, 0.15) is 23.2 Å². The third kappa shape index (κ3) is 2.56. The Kier molecular flexibility index (Phi) is 3.88. The number of carbonyl (C=O) groups is 3. The number of ether oxygens (including phenoxy) is 2. The molecule has 0 unspecified atom stereocenters. The van der Waals surface area contributed by atoms with Crippen molar-refractivity contribution in [3.63, 3.8) is 0 Å². The molecule has 1 heterocycles. The zero-order valence-corrected chi connectivity index (χ0v) is 11.0. The number of nitrogens with zero attached hydrogens (tertiary/aromatic N) is 1. The minimum absolute atomic E-state index is 0.0536. The first-order valence-corrected chi connectivity index (χ1v) is 5.87. The van der Waals surface area contributed by atoms with Gasteiger partial charge in [-0.3, -0.25) is 9.59 Å². The Labute approximate surface area is 115 Å². The maximum absolute atomic E-state index is 11.9. The number of rotatable bonds is 4. The van der Waals surface area contributed by atoms with E-state index in [4.69, 9.17) is 14.3 Å². The van der Waals surface area contributed by atoms with Crippen LogP contribution in [-0.2, 0) is 14.4 Å². The number of hydrogen-bond donors (Lipinski definition) is 0. The van der Waals surface area contributed by atoms with Crippen LogP contribution in [0.4, 0.5) is 0 Å². The first kappa shape index (κ1) is 13.9. The largest absolute Gasteiger partial charge is 0.493 e. The summed E-state index contributed by atoms with van der Waals surface area (Å²) in [5, 5.41) is 0.499. The summed E-state index contributed by atoms with van der Waals surface area (Å²) in [5.41, 5.74) is 0.148. The summed E-state index contributed by atoms with van der Waals surface area (Å²) in [5.74, 6) is -1.05. The quantitative estimate of drug-likeness (QED) is 0.762. The average Bonchev–Trinajstić information content (AvgIpc) is 2.78. The molecular formula is C13H13NO6. The molecule has 0 aliphatic carbocycles. The molecule has 7 nitrogen and oxygen atoms in total. The highest BCUT2D eigenvalue weighted by atomic mass is 16.7. The molecule has 0 aromatic heterocycles. The Balaban J connectivity index is 2.17. The van der Waals surface area contributed by atoms with E-state index in [0.717, 1.165) is 0 Å². The highest BCUT2D eigenvalue weighted by Crippen LogP contribution is 2.28. The molecule has 1 aliphatic heterocycles. The Morgan fingerprint density at radius 1 is 1.05 bits per heavy atom. The number of hydrogen-bond acceptors (Lipinski definition) is 6. The number of carbonyl (C=O) groups excluding carboxylic acids is 3. The predicted octanol–water partition coefficient (Wildman–Crippen LogP) is 0.925. The van der Waals surface area contributed by atoms with Gasteiger partial charge in [0.15, 0.2) is 11.5 Å². The van der Waals surface area contributed by atoms with E-state index in [2.05, 4.69) is 0 Å². The van der Waals surface area contributed by atoms with E-state index in [0.29, 0.717) is 16.6 Å². The summed E-state index contributed by atoms with van der Waals surface area (Å²) < 4.78 is 10.1. The average molecular weight is 279 g/mol. The van der Waals surface area contributed by atoms with Crippen molar-refractivity contribution in [3.8, 4) is 11.5 Å². The van der Waals surface area contributed by atoms with Crippen molar-refractivity contribution in [1.29, 1.82) is 0 Å². The van der Waals surface area contributed by atoms with Gasteiger partial charge in [-0.25, -0.2) is 4.79 Å². The first-order valence-electron chi connectivity index (χ1n) is 5.87. The molecule has 0 spiro atoms. The number of imide groups is 1. The van der Waals surface area contributed by atoms with Gasteiger partial charge < -0.3 is 14.3 Å². The summed E-state index contributed by atoms with van der Waals surface area (Å²) in [6.07, 6.45) is 0.107. The van der Waals surface area contributed by atoms with Gasteiger partial charge in [-0.2, -0.15) is 0 Å². The second-order valence-corrected chi connectivity index (χ2v) is 4.03. The van der Waals surface area contributed by atoms with Crippen molar-refractivity contribution in [1.82, 2.24) is 5.06 Å². The molecule has 1 aromatic rings. The Morgan fingerprint density at radius 2 is 1.65 bits per heavy atom. The van der Waals surface area contributed by atoms with Crippen molar-refractivity contribution >= 4 is 17.8 Å². The fraction of sp³-hybridized carbons (Fsp3) is 0.308. The van der Waals surface area contributed by atoms with Gasteiger partial charge in [0, 0.05) is 12.8 Å². The van der Waals surface area contributed by atoms with Gasteiger partial charge in [0.1, 0.15) is 0 Å². The van der Waals surface area contributed by atoms with Crippen LogP contribution in [0, 0.1) is 0 Å². The third-order valence-electron chi connectivity index (χ3n) is 2.80. The van der Waals surface area contributed by atoms with E-state index in [1.807, 2.05) is 0 Å². The van der Waals surface area contributed by atoms with E-state index < -0.39 is 17.8 Å². The molecule has 0 bridgehead atoms. The molecule has 0 radical (unpaired) electrons. The molecule has 2 rings (SSSR count). The molecule has 2 amide bonds. The van der Waals surface area contributed by atoms with Gasteiger partial charge in [0.05, 0.1) is 19.8 Å². The SMILES string of the molecule is COc1ccc(C(=O)ON2C(=O)CCC2=O)cc1OC. The van der Waals surface area contributed by atoms with Crippen molar-refractivity contribution in [2.45, 2.75) is 12.8 Å². The molecule has 0 saturated carbocycles. The van der Waals surface area contributed by atoms with Crippen LogP contribution < -0.4 is 9.47 Å². The van der Waals surface area contributed by atoms with Crippen LogP contribution >= 0.6 is 0 Å². The van der Waals surface area contributed by atoms with E-state index >= 15 is 0 Å². The lowest BCUT2D eigenvalue weighted by Crippen LogP contribution is -2.32. The van der Waals surface area contributed by atoms with E-state index in [9.17, 15) is 14.4 Å².